The van der Waals surface area contributed by atoms with Gasteiger partial charge in [-0.2, -0.15) is 0 Å². The van der Waals surface area contributed by atoms with Crippen molar-refractivity contribution in [2.45, 2.75) is 32.6 Å². The first kappa shape index (κ1) is 19.3. The van der Waals surface area contributed by atoms with Gasteiger partial charge in [-0.15, -0.1) is 0 Å². The number of anilines is 1. The molecule has 0 spiro atoms. The monoisotopic (exact) mass is 391 g/mol. The van der Waals surface area contributed by atoms with Crippen LogP contribution in [0.15, 0.2) is 61.3 Å². The van der Waals surface area contributed by atoms with Crippen LogP contribution in [0.1, 0.15) is 29.8 Å². The second kappa shape index (κ2) is 8.55. The topological polar surface area (TPSA) is 72.3 Å². The van der Waals surface area contributed by atoms with Crippen molar-refractivity contribution in [3.05, 3.63) is 72.4 Å². The number of carbonyl (C=O) groups excluding carboxylic acids is 1. The van der Waals surface area contributed by atoms with E-state index in [1.807, 2.05) is 42.6 Å². The molecule has 1 aliphatic heterocycles. The summed E-state index contributed by atoms with van der Waals surface area (Å²) in [6, 6.07) is 11.4. The number of morpholine rings is 1. The molecule has 7 nitrogen and oxygen atoms in total. The zero-order valence-corrected chi connectivity index (χ0v) is 16.7. The minimum Gasteiger partial charge on any atom is -0.373 e. The molecule has 1 amide bonds. The molecule has 7 heteroatoms. The molecular formula is C22H25N5O2. The summed E-state index contributed by atoms with van der Waals surface area (Å²) >= 11 is 0. The number of nitrogens with zero attached hydrogens (tertiary/aromatic N) is 4. The predicted octanol–water partition coefficient (Wildman–Crippen LogP) is 3.13. The van der Waals surface area contributed by atoms with E-state index in [1.54, 1.807) is 23.3 Å². The summed E-state index contributed by atoms with van der Waals surface area (Å²) in [6.45, 7) is 6.92. The number of pyridine rings is 1. The molecule has 0 unspecified atom stereocenters. The minimum atomic E-state index is -0.151. The van der Waals surface area contributed by atoms with Gasteiger partial charge in [0.2, 0.25) is 0 Å². The molecule has 3 aromatic rings. The lowest BCUT2D eigenvalue weighted by Gasteiger charge is -2.35. The number of nitrogens with one attached hydrogen (secondary N) is 1. The first-order chi connectivity index (χ1) is 14.1. The van der Waals surface area contributed by atoms with Gasteiger partial charge in [0.1, 0.15) is 12.1 Å². The van der Waals surface area contributed by atoms with Crippen LogP contribution in [0.25, 0.3) is 5.82 Å². The zero-order chi connectivity index (χ0) is 20.2. The van der Waals surface area contributed by atoms with Gasteiger partial charge in [0, 0.05) is 37.6 Å². The van der Waals surface area contributed by atoms with E-state index in [9.17, 15) is 4.79 Å². The summed E-state index contributed by atoms with van der Waals surface area (Å²) in [4.78, 5) is 23.3. The summed E-state index contributed by atoms with van der Waals surface area (Å²) in [7, 11) is 0. The van der Waals surface area contributed by atoms with E-state index in [0.717, 1.165) is 25.5 Å². The fraction of sp³-hybridized carbons (Fsp3) is 0.318. The van der Waals surface area contributed by atoms with E-state index in [0.29, 0.717) is 11.3 Å². The van der Waals surface area contributed by atoms with Gasteiger partial charge in [-0.25, -0.2) is 9.97 Å². The summed E-state index contributed by atoms with van der Waals surface area (Å²) in [5.74, 6) is 0.596. The summed E-state index contributed by atoms with van der Waals surface area (Å²) in [5, 5.41) is 2.89. The number of imidazole rings is 1. The van der Waals surface area contributed by atoms with Crippen molar-refractivity contribution < 1.29 is 9.53 Å². The highest BCUT2D eigenvalue weighted by atomic mass is 16.5. The largest absolute Gasteiger partial charge is 0.373 e. The van der Waals surface area contributed by atoms with Crippen molar-refractivity contribution in [2.75, 3.05) is 18.4 Å². The Morgan fingerprint density at radius 2 is 1.90 bits per heavy atom. The average molecular weight is 391 g/mol. The molecule has 1 fully saturated rings. The smallest absolute Gasteiger partial charge is 0.255 e. The Hall–Kier alpha value is -3.03. The van der Waals surface area contributed by atoms with Crippen LogP contribution in [0.4, 0.5) is 5.69 Å². The standard InChI is InChI=1S/C22H25N5O2/c1-16-12-26(13-17(2)29-16)14-18-3-5-19(6-4-18)22(28)25-20-7-8-21(24-11-20)27-10-9-23-15-27/h3-11,15-17H,12-14H2,1-2H3,(H,25,28)/t16-,17-/m0/s1. The number of hydrogen-bond acceptors (Lipinski definition) is 5. The lowest BCUT2D eigenvalue weighted by molar-refractivity contribution is -0.0704. The Labute approximate surface area is 170 Å². The van der Waals surface area contributed by atoms with E-state index in [4.69, 9.17) is 4.74 Å². The first-order valence-electron chi connectivity index (χ1n) is 9.79. The van der Waals surface area contributed by atoms with Gasteiger partial charge in [0.15, 0.2) is 0 Å². The van der Waals surface area contributed by atoms with Crippen molar-refractivity contribution in [3.8, 4) is 5.82 Å². The quantitative estimate of drug-likeness (QED) is 0.723. The number of carbonyl (C=O) groups is 1. The van der Waals surface area contributed by atoms with E-state index in [1.165, 1.54) is 5.56 Å². The van der Waals surface area contributed by atoms with E-state index in [2.05, 4.69) is 34.0 Å². The number of aromatic nitrogens is 3. The Balaban J connectivity index is 1.35. The van der Waals surface area contributed by atoms with Crippen molar-refractivity contribution in [2.24, 2.45) is 0 Å². The Bertz CT molecular complexity index is 928. The van der Waals surface area contributed by atoms with Crippen molar-refractivity contribution in [3.63, 3.8) is 0 Å². The van der Waals surface area contributed by atoms with Crippen LogP contribution in [-0.4, -0.2) is 50.6 Å². The molecule has 1 N–H and O–H groups in total. The van der Waals surface area contributed by atoms with E-state index < -0.39 is 0 Å². The minimum absolute atomic E-state index is 0.151. The molecule has 1 aromatic carbocycles. The molecule has 3 heterocycles. The lowest BCUT2D eigenvalue weighted by Crippen LogP contribution is -2.44. The summed E-state index contributed by atoms with van der Waals surface area (Å²) in [6.07, 6.45) is 7.33. The van der Waals surface area contributed by atoms with Crippen molar-refractivity contribution >= 4 is 11.6 Å². The van der Waals surface area contributed by atoms with Gasteiger partial charge in [-0.3, -0.25) is 14.3 Å². The van der Waals surface area contributed by atoms with Gasteiger partial charge in [-0.05, 0) is 43.7 Å². The Kier molecular flexibility index (Phi) is 5.69. The molecule has 4 rings (SSSR count). The lowest BCUT2D eigenvalue weighted by atomic mass is 10.1. The average Bonchev–Trinajstić information content (AvgIpc) is 3.23. The number of amides is 1. The molecule has 2 aromatic heterocycles. The van der Waals surface area contributed by atoms with Crippen LogP contribution >= 0.6 is 0 Å². The number of benzene rings is 1. The van der Waals surface area contributed by atoms with Gasteiger partial charge in [0.05, 0.1) is 24.1 Å². The maximum Gasteiger partial charge on any atom is 0.255 e. The number of hydrogen-bond donors (Lipinski definition) is 1. The molecule has 0 bridgehead atoms. The molecule has 0 radical (unpaired) electrons. The van der Waals surface area contributed by atoms with Crippen LogP contribution in [0.5, 0.6) is 0 Å². The third-order valence-electron chi connectivity index (χ3n) is 4.89. The van der Waals surface area contributed by atoms with Crippen LogP contribution in [0, 0.1) is 0 Å². The van der Waals surface area contributed by atoms with Gasteiger partial charge < -0.3 is 10.1 Å². The third kappa shape index (κ3) is 4.88. The molecule has 0 saturated carbocycles. The zero-order valence-electron chi connectivity index (χ0n) is 16.7. The van der Waals surface area contributed by atoms with Crippen LogP contribution in [0.2, 0.25) is 0 Å². The Morgan fingerprint density at radius 3 is 2.52 bits per heavy atom. The number of rotatable bonds is 5. The molecule has 1 aliphatic rings. The molecule has 29 heavy (non-hydrogen) atoms. The second-order valence-corrected chi connectivity index (χ2v) is 7.48. The second-order valence-electron chi connectivity index (χ2n) is 7.48. The summed E-state index contributed by atoms with van der Waals surface area (Å²) in [5.41, 5.74) is 2.46. The maximum absolute atomic E-state index is 12.5. The molecule has 150 valence electrons. The molecule has 0 aliphatic carbocycles. The predicted molar refractivity (Wildman–Crippen MR) is 111 cm³/mol. The number of ether oxygens (including phenoxy) is 1. The molecule has 2 atom stereocenters. The highest BCUT2D eigenvalue weighted by molar-refractivity contribution is 6.04. The highest BCUT2D eigenvalue weighted by Crippen LogP contribution is 2.16. The SMILES string of the molecule is C[C@H]1CN(Cc2ccc(C(=O)Nc3ccc(-n4ccnc4)nc3)cc2)C[C@H](C)O1. The summed E-state index contributed by atoms with van der Waals surface area (Å²) < 4.78 is 7.59. The van der Waals surface area contributed by atoms with Gasteiger partial charge >= 0.3 is 0 Å². The van der Waals surface area contributed by atoms with Crippen LogP contribution < -0.4 is 5.32 Å². The van der Waals surface area contributed by atoms with Crippen molar-refractivity contribution in [1.82, 2.24) is 19.4 Å². The third-order valence-corrected chi connectivity index (χ3v) is 4.89. The normalized spacial score (nSPS) is 19.8. The van der Waals surface area contributed by atoms with Crippen LogP contribution in [-0.2, 0) is 11.3 Å². The van der Waals surface area contributed by atoms with Crippen LogP contribution in [0.3, 0.4) is 0 Å². The molecular weight excluding hydrogens is 366 g/mol. The molecule has 1 saturated heterocycles. The highest BCUT2D eigenvalue weighted by Gasteiger charge is 2.22. The maximum atomic E-state index is 12.5. The van der Waals surface area contributed by atoms with E-state index in [-0.39, 0.29) is 18.1 Å². The van der Waals surface area contributed by atoms with E-state index >= 15 is 0 Å². The fourth-order valence-electron chi connectivity index (χ4n) is 3.64. The fourth-order valence-corrected chi connectivity index (χ4v) is 3.64. The first-order valence-corrected chi connectivity index (χ1v) is 9.79. The Morgan fingerprint density at radius 1 is 1.14 bits per heavy atom. The van der Waals surface area contributed by atoms with Gasteiger partial charge in [-0.1, -0.05) is 12.1 Å². The van der Waals surface area contributed by atoms with Crippen molar-refractivity contribution in [1.29, 1.82) is 0 Å². The van der Waals surface area contributed by atoms with Gasteiger partial charge in [0.25, 0.3) is 5.91 Å².